The van der Waals surface area contributed by atoms with E-state index in [0.717, 1.165) is 29.7 Å². The molecular formula is C33H36ClN5O4S. The number of carbonyl (C=O) groups excluding carboxylic acids is 1. The Bertz CT molecular complexity index is 1660. The smallest absolute Gasteiger partial charge is 0.255 e. The number of hydrogen-bond donors (Lipinski definition) is 2. The number of aromatic nitrogens is 3. The molecule has 1 aliphatic rings. The zero-order valence-electron chi connectivity index (χ0n) is 25.2. The van der Waals surface area contributed by atoms with E-state index in [0.29, 0.717) is 56.9 Å². The number of amides is 1. The second-order valence-electron chi connectivity index (χ2n) is 10.1. The first kappa shape index (κ1) is 31.3. The van der Waals surface area contributed by atoms with Gasteiger partial charge in [0.2, 0.25) is 11.1 Å². The number of ether oxygens (including phenoxy) is 3. The summed E-state index contributed by atoms with van der Waals surface area (Å²) in [5.41, 5.74) is 3.39. The summed E-state index contributed by atoms with van der Waals surface area (Å²) in [5.74, 6) is 2.86. The number of hydrogen-bond acceptors (Lipinski definition) is 8. The van der Waals surface area contributed by atoms with Crippen LogP contribution < -0.4 is 24.8 Å². The van der Waals surface area contributed by atoms with E-state index in [9.17, 15) is 4.79 Å². The van der Waals surface area contributed by atoms with Crippen molar-refractivity contribution < 1.29 is 19.0 Å². The lowest BCUT2D eigenvalue weighted by atomic mass is 9.94. The highest BCUT2D eigenvalue weighted by atomic mass is 35.5. The summed E-state index contributed by atoms with van der Waals surface area (Å²) in [6.45, 7) is 6.69. The molecule has 0 saturated carbocycles. The lowest BCUT2D eigenvalue weighted by Crippen LogP contribution is -2.31. The van der Waals surface area contributed by atoms with Crippen molar-refractivity contribution in [2.75, 3.05) is 30.1 Å². The van der Waals surface area contributed by atoms with Crippen molar-refractivity contribution in [3.63, 3.8) is 0 Å². The van der Waals surface area contributed by atoms with Crippen LogP contribution >= 0.6 is 23.4 Å². The number of allylic oxidation sites excluding steroid dienone is 1. The normalized spacial score (nSPS) is 14.1. The number of benzene rings is 3. The molecule has 2 heterocycles. The molecule has 2 N–H and O–H groups in total. The quantitative estimate of drug-likeness (QED) is 0.114. The van der Waals surface area contributed by atoms with Crippen LogP contribution in [0.3, 0.4) is 0 Å². The van der Waals surface area contributed by atoms with Gasteiger partial charge in [0.1, 0.15) is 18.4 Å². The maximum Gasteiger partial charge on any atom is 0.255 e. The van der Waals surface area contributed by atoms with Crippen molar-refractivity contribution in [3.05, 3.63) is 94.1 Å². The molecule has 230 valence electrons. The summed E-state index contributed by atoms with van der Waals surface area (Å²) in [6, 6.07) is 20.0. The molecule has 5 rings (SSSR count). The van der Waals surface area contributed by atoms with Crippen LogP contribution in [0.5, 0.6) is 17.2 Å². The molecule has 11 heteroatoms. The third kappa shape index (κ3) is 6.97. The number of carbonyl (C=O) groups is 1. The SMILES string of the molecule is CCCCSc1nc2n(n1)C(c1ccc(OCc3ccccc3Cl)c(OC)c1)C(C(=O)Nc1ccccc1OCC)=C(C)N2. The Hall–Kier alpha value is -4.15. The molecule has 0 fully saturated rings. The van der Waals surface area contributed by atoms with Crippen molar-refractivity contribution in [2.24, 2.45) is 0 Å². The number of para-hydroxylation sites is 2. The number of rotatable bonds is 13. The monoisotopic (exact) mass is 633 g/mol. The maximum atomic E-state index is 14.1. The van der Waals surface area contributed by atoms with Crippen molar-refractivity contribution in [2.45, 2.75) is 51.4 Å². The Morgan fingerprint density at radius 3 is 2.61 bits per heavy atom. The molecule has 4 aromatic rings. The van der Waals surface area contributed by atoms with E-state index in [4.69, 9.17) is 35.9 Å². The maximum absolute atomic E-state index is 14.1. The second kappa shape index (κ2) is 14.5. The number of unbranched alkanes of at least 4 members (excludes halogenated alkanes) is 1. The van der Waals surface area contributed by atoms with Crippen LogP contribution in [-0.2, 0) is 11.4 Å². The van der Waals surface area contributed by atoms with Crippen LogP contribution in [0.15, 0.2) is 83.2 Å². The Morgan fingerprint density at radius 1 is 1.05 bits per heavy atom. The molecule has 0 bridgehead atoms. The number of thioether (sulfide) groups is 1. The van der Waals surface area contributed by atoms with Gasteiger partial charge in [0.15, 0.2) is 11.5 Å². The first-order chi connectivity index (χ1) is 21.4. The van der Waals surface area contributed by atoms with Gasteiger partial charge < -0.3 is 24.8 Å². The third-order valence-corrected chi connectivity index (χ3v) is 8.38. The Labute approximate surface area is 267 Å². The molecule has 0 spiro atoms. The standard InChI is InChI=1S/C33H36ClN5O4S/c1-5-7-18-44-33-37-32-35-21(3)29(31(40)36-25-14-10-11-15-26(25)42-6-2)30(39(32)38-33)22-16-17-27(28(19-22)41-4)43-20-23-12-8-9-13-24(23)34/h8-17,19,30H,5-7,18,20H2,1-4H3,(H,36,40)(H,35,37,38). The van der Waals surface area contributed by atoms with Gasteiger partial charge >= 0.3 is 0 Å². The number of nitrogens with one attached hydrogen (secondary N) is 2. The van der Waals surface area contributed by atoms with E-state index in [1.54, 1.807) is 23.6 Å². The second-order valence-corrected chi connectivity index (χ2v) is 11.6. The van der Waals surface area contributed by atoms with Crippen LogP contribution in [0.2, 0.25) is 5.02 Å². The van der Waals surface area contributed by atoms with Crippen molar-refractivity contribution >= 4 is 40.9 Å². The fraction of sp³-hybridized carbons (Fsp3) is 0.303. The van der Waals surface area contributed by atoms with Gasteiger partial charge in [-0.25, -0.2) is 4.68 Å². The number of anilines is 2. The highest BCUT2D eigenvalue weighted by Crippen LogP contribution is 2.40. The molecule has 44 heavy (non-hydrogen) atoms. The van der Waals surface area contributed by atoms with Gasteiger partial charge in [-0.3, -0.25) is 4.79 Å². The minimum Gasteiger partial charge on any atom is -0.493 e. The molecule has 1 amide bonds. The average molecular weight is 634 g/mol. The summed E-state index contributed by atoms with van der Waals surface area (Å²) in [4.78, 5) is 18.8. The zero-order valence-corrected chi connectivity index (χ0v) is 26.8. The predicted molar refractivity (Wildman–Crippen MR) is 175 cm³/mol. The molecule has 3 aromatic carbocycles. The first-order valence-corrected chi connectivity index (χ1v) is 15.9. The molecule has 0 aliphatic carbocycles. The molecular weight excluding hydrogens is 598 g/mol. The number of halogens is 1. The fourth-order valence-corrected chi connectivity index (χ4v) is 5.99. The van der Waals surface area contributed by atoms with Gasteiger partial charge in [-0.05, 0) is 56.2 Å². The van der Waals surface area contributed by atoms with Crippen LogP contribution in [-0.4, -0.2) is 40.1 Å². The van der Waals surface area contributed by atoms with Crippen molar-refractivity contribution in [3.8, 4) is 17.2 Å². The van der Waals surface area contributed by atoms with Crippen LogP contribution in [0, 0.1) is 0 Å². The molecule has 1 aromatic heterocycles. The van der Waals surface area contributed by atoms with Crippen molar-refractivity contribution in [1.82, 2.24) is 14.8 Å². The highest BCUT2D eigenvalue weighted by Gasteiger charge is 2.35. The number of fused-ring (bicyclic) bond motifs is 1. The molecule has 1 unspecified atom stereocenters. The fourth-order valence-electron chi connectivity index (χ4n) is 4.89. The van der Waals surface area contributed by atoms with Crippen LogP contribution in [0.25, 0.3) is 0 Å². The molecule has 0 saturated heterocycles. The van der Waals surface area contributed by atoms with E-state index in [2.05, 4.69) is 17.6 Å². The summed E-state index contributed by atoms with van der Waals surface area (Å²) in [5, 5.41) is 12.5. The first-order valence-electron chi connectivity index (χ1n) is 14.6. The van der Waals surface area contributed by atoms with E-state index >= 15 is 0 Å². The molecule has 0 radical (unpaired) electrons. The van der Waals surface area contributed by atoms with E-state index in [-0.39, 0.29) is 12.5 Å². The lowest BCUT2D eigenvalue weighted by Gasteiger charge is -2.29. The number of methoxy groups -OCH3 is 1. The highest BCUT2D eigenvalue weighted by molar-refractivity contribution is 7.99. The van der Waals surface area contributed by atoms with Crippen molar-refractivity contribution in [1.29, 1.82) is 0 Å². The van der Waals surface area contributed by atoms with E-state index < -0.39 is 6.04 Å². The van der Waals surface area contributed by atoms with Gasteiger partial charge in [-0.1, -0.05) is 73.1 Å². The molecule has 9 nitrogen and oxygen atoms in total. The van der Waals surface area contributed by atoms with Gasteiger partial charge in [0.05, 0.1) is 25.0 Å². The minimum atomic E-state index is -0.593. The molecule has 1 atom stereocenters. The Kier molecular flexibility index (Phi) is 10.3. The largest absolute Gasteiger partial charge is 0.493 e. The summed E-state index contributed by atoms with van der Waals surface area (Å²) >= 11 is 7.94. The minimum absolute atomic E-state index is 0.278. The van der Waals surface area contributed by atoms with E-state index in [1.165, 1.54) is 0 Å². The van der Waals surface area contributed by atoms with E-state index in [1.807, 2.05) is 80.6 Å². The van der Waals surface area contributed by atoms with Crippen LogP contribution in [0.4, 0.5) is 11.6 Å². The summed E-state index contributed by atoms with van der Waals surface area (Å²) in [6.07, 6.45) is 2.14. The van der Waals surface area contributed by atoms with Gasteiger partial charge in [0, 0.05) is 22.0 Å². The summed E-state index contributed by atoms with van der Waals surface area (Å²) < 4.78 is 19.4. The Balaban J connectivity index is 1.51. The third-order valence-electron chi connectivity index (χ3n) is 7.09. The zero-order chi connectivity index (χ0) is 31.1. The topological polar surface area (TPSA) is 99.5 Å². The average Bonchev–Trinajstić information content (AvgIpc) is 3.43. The van der Waals surface area contributed by atoms with Gasteiger partial charge in [-0.2, -0.15) is 4.98 Å². The number of nitrogens with zero attached hydrogens (tertiary/aromatic N) is 3. The van der Waals surface area contributed by atoms with Gasteiger partial charge in [0.25, 0.3) is 5.91 Å². The Morgan fingerprint density at radius 2 is 1.84 bits per heavy atom. The van der Waals surface area contributed by atoms with Gasteiger partial charge in [-0.15, -0.1) is 5.10 Å². The lowest BCUT2D eigenvalue weighted by molar-refractivity contribution is -0.113. The summed E-state index contributed by atoms with van der Waals surface area (Å²) in [7, 11) is 1.59. The van der Waals surface area contributed by atoms with Crippen LogP contribution in [0.1, 0.15) is 50.8 Å². The predicted octanol–water partition coefficient (Wildman–Crippen LogP) is 7.74. The molecule has 1 aliphatic heterocycles.